The Morgan fingerprint density at radius 1 is 1.22 bits per heavy atom. The molecule has 1 saturated heterocycles. The van der Waals surface area contributed by atoms with Gasteiger partial charge >= 0.3 is 0 Å². The van der Waals surface area contributed by atoms with Crippen molar-refractivity contribution in [2.24, 2.45) is 0 Å². The van der Waals surface area contributed by atoms with Crippen LogP contribution in [0.15, 0.2) is 48.8 Å². The molecule has 1 aliphatic rings. The summed E-state index contributed by atoms with van der Waals surface area (Å²) in [6.45, 7) is 1.12. The summed E-state index contributed by atoms with van der Waals surface area (Å²) in [5, 5.41) is 2.97. The molecule has 0 aliphatic carbocycles. The van der Waals surface area contributed by atoms with Crippen molar-refractivity contribution in [1.29, 1.82) is 4.78 Å². The molecule has 32 heavy (non-hydrogen) atoms. The Morgan fingerprint density at radius 3 is 2.81 bits per heavy atom. The van der Waals surface area contributed by atoms with Crippen LogP contribution in [0.25, 0.3) is 11.4 Å². The van der Waals surface area contributed by atoms with Gasteiger partial charge in [-0.25, -0.2) is 18.6 Å². The summed E-state index contributed by atoms with van der Waals surface area (Å²) in [5.41, 5.74) is 2.04. The molecule has 0 bridgehead atoms. The van der Waals surface area contributed by atoms with E-state index in [1.165, 1.54) is 25.6 Å². The van der Waals surface area contributed by atoms with Gasteiger partial charge in [-0.05, 0) is 42.7 Å². The Kier molecular flexibility index (Phi) is 6.61. The molecule has 2 aromatic carbocycles. The van der Waals surface area contributed by atoms with Crippen molar-refractivity contribution in [3.05, 3.63) is 60.2 Å². The van der Waals surface area contributed by atoms with Gasteiger partial charge in [0.05, 0.1) is 28.2 Å². The van der Waals surface area contributed by atoms with Crippen LogP contribution in [-0.4, -0.2) is 44.7 Å². The maximum atomic E-state index is 13.5. The predicted molar refractivity (Wildman–Crippen MR) is 120 cm³/mol. The number of halogens is 1. The fraction of sp³-hybridized carbons (Fsp3) is 0.318. The first-order valence-electron chi connectivity index (χ1n) is 10.2. The lowest BCUT2D eigenvalue weighted by atomic mass is 10.2. The molecule has 1 aromatic heterocycles. The molecule has 8 nitrogen and oxygen atoms in total. The van der Waals surface area contributed by atoms with Crippen molar-refractivity contribution < 1.29 is 18.1 Å². The van der Waals surface area contributed by atoms with E-state index in [1.807, 2.05) is 24.3 Å². The first kappa shape index (κ1) is 22.1. The molecule has 0 radical (unpaired) electrons. The molecule has 0 saturated carbocycles. The van der Waals surface area contributed by atoms with Gasteiger partial charge in [-0.1, -0.05) is 12.1 Å². The van der Waals surface area contributed by atoms with Crippen LogP contribution in [0.5, 0.6) is 5.75 Å². The molecule has 1 aliphatic heterocycles. The molecule has 3 aromatic rings. The number of ether oxygens (including phenoxy) is 2. The minimum atomic E-state index is -2.77. The molecule has 168 valence electrons. The quantitative estimate of drug-likeness (QED) is 0.548. The van der Waals surface area contributed by atoms with Crippen LogP contribution in [0.3, 0.4) is 0 Å². The number of anilines is 2. The topological polar surface area (TPSA) is 110 Å². The van der Waals surface area contributed by atoms with Gasteiger partial charge in [-0.2, -0.15) is 4.98 Å². The van der Waals surface area contributed by atoms with Gasteiger partial charge in [0, 0.05) is 30.2 Å². The van der Waals surface area contributed by atoms with Crippen molar-refractivity contribution in [2.45, 2.75) is 23.8 Å². The smallest absolute Gasteiger partial charge is 0.230 e. The Labute approximate surface area is 186 Å². The summed E-state index contributed by atoms with van der Waals surface area (Å²) < 4.78 is 45.5. The molecule has 1 unspecified atom stereocenters. The molecule has 4 rings (SSSR count). The van der Waals surface area contributed by atoms with Gasteiger partial charge < -0.3 is 14.8 Å². The Bertz CT molecular complexity index is 1200. The molecular weight excluding hydrogens is 433 g/mol. The minimum Gasteiger partial charge on any atom is -0.496 e. The van der Waals surface area contributed by atoms with Crippen molar-refractivity contribution in [1.82, 2.24) is 15.0 Å². The SMILES string of the molecule is COc1cc(F)ccc1-c1ncnc(Nc2cccc(CS(=N)(=O)C3CCOCC3)c2)n1. The summed E-state index contributed by atoms with van der Waals surface area (Å²) >= 11 is 0. The van der Waals surface area contributed by atoms with E-state index in [-0.39, 0.29) is 11.0 Å². The normalized spacial score (nSPS) is 16.3. The van der Waals surface area contributed by atoms with E-state index >= 15 is 0 Å². The summed E-state index contributed by atoms with van der Waals surface area (Å²) in [7, 11) is -1.32. The molecule has 2 heterocycles. The van der Waals surface area contributed by atoms with E-state index in [2.05, 4.69) is 20.3 Å². The van der Waals surface area contributed by atoms with Gasteiger partial charge in [-0.3, -0.25) is 4.78 Å². The number of hydrogen-bond acceptors (Lipinski definition) is 8. The molecular formula is C22H24FN5O3S. The van der Waals surface area contributed by atoms with Crippen molar-refractivity contribution in [2.75, 3.05) is 25.6 Å². The fourth-order valence-electron chi connectivity index (χ4n) is 3.63. The Balaban J connectivity index is 1.52. The lowest BCUT2D eigenvalue weighted by molar-refractivity contribution is 0.0988. The van der Waals surface area contributed by atoms with Crippen molar-refractivity contribution >= 4 is 21.4 Å². The second kappa shape index (κ2) is 9.58. The maximum absolute atomic E-state index is 13.5. The highest BCUT2D eigenvalue weighted by Crippen LogP contribution is 2.29. The van der Waals surface area contributed by atoms with E-state index in [4.69, 9.17) is 14.3 Å². The van der Waals surface area contributed by atoms with E-state index in [0.29, 0.717) is 54.8 Å². The molecule has 1 atom stereocenters. The largest absolute Gasteiger partial charge is 0.496 e. The molecule has 0 amide bonds. The predicted octanol–water partition coefficient (Wildman–Crippen LogP) is 4.16. The van der Waals surface area contributed by atoms with Crippen LogP contribution < -0.4 is 10.1 Å². The number of nitrogens with one attached hydrogen (secondary N) is 2. The highest BCUT2D eigenvalue weighted by Gasteiger charge is 2.24. The number of nitrogens with zero attached hydrogens (tertiary/aromatic N) is 3. The third-order valence-corrected chi connectivity index (χ3v) is 7.56. The molecule has 0 spiro atoms. The lowest BCUT2D eigenvalue weighted by Crippen LogP contribution is -2.29. The summed E-state index contributed by atoms with van der Waals surface area (Å²) in [6, 6.07) is 11.5. The highest BCUT2D eigenvalue weighted by molar-refractivity contribution is 7.92. The zero-order chi connectivity index (χ0) is 22.6. The van der Waals surface area contributed by atoms with E-state index in [9.17, 15) is 8.60 Å². The molecule has 1 fully saturated rings. The average Bonchev–Trinajstić information content (AvgIpc) is 2.79. The van der Waals surface area contributed by atoms with Gasteiger partial charge in [0.25, 0.3) is 0 Å². The van der Waals surface area contributed by atoms with Crippen molar-refractivity contribution in [3.63, 3.8) is 0 Å². The van der Waals surface area contributed by atoms with Gasteiger partial charge in [-0.15, -0.1) is 0 Å². The van der Waals surface area contributed by atoms with Crippen LogP contribution in [0.4, 0.5) is 16.0 Å². The number of benzene rings is 2. The number of rotatable bonds is 7. The van der Waals surface area contributed by atoms with Crippen LogP contribution in [0, 0.1) is 10.6 Å². The molecule has 2 N–H and O–H groups in total. The standard InChI is InChI=1S/C22H24FN5O3S/c1-30-20-12-16(23)5-6-19(20)21-25-14-26-22(28-21)27-17-4-2-3-15(11-17)13-32(24,29)18-7-9-31-10-8-18/h2-6,11-12,14,18,24H,7-10,13H2,1H3,(H,25,26,27,28). The summed E-state index contributed by atoms with van der Waals surface area (Å²) in [5.74, 6) is 0.727. The van der Waals surface area contributed by atoms with Crippen LogP contribution in [0.1, 0.15) is 18.4 Å². The Hall–Kier alpha value is -3.11. The van der Waals surface area contributed by atoms with E-state index in [0.717, 1.165) is 5.56 Å². The van der Waals surface area contributed by atoms with Crippen LogP contribution in [0.2, 0.25) is 0 Å². The maximum Gasteiger partial charge on any atom is 0.230 e. The number of methoxy groups -OCH3 is 1. The first-order valence-corrected chi connectivity index (χ1v) is 12.0. The lowest BCUT2D eigenvalue weighted by Gasteiger charge is -2.24. The van der Waals surface area contributed by atoms with Gasteiger partial charge in [0.2, 0.25) is 5.95 Å². The van der Waals surface area contributed by atoms with Gasteiger partial charge in [0.15, 0.2) is 5.82 Å². The van der Waals surface area contributed by atoms with Crippen LogP contribution >= 0.6 is 0 Å². The first-order chi connectivity index (χ1) is 15.4. The zero-order valence-corrected chi connectivity index (χ0v) is 18.4. The zero-order valence-electron chi connectivity index (χ0n) is 17.6. The van der Waals surface area contributed by atoms with E-state index in [1.54, 1.807) is 6.07 Å². The highest BCUT2D eigenvalue weighted by atomic mass is 32.2. The summed E-state index contributed by atoms with van der Waals surface area (Å²) in [4.78, 5) is 12.7. The average molecular weight is 458 g/mol. The molecule has 10 heteroatoms. The second-order valence-corrected chi connectivity index (χ2v) is 9.89. The minimum absolute atomic E-state index is 0.148. The second-order valence-electron chi connectivity index (χ2n) is 7.49. The fourth-order valence-corrected chi connectivity index (χ4v) is 5.49. The summed E-state index contributed by atoms with van der Waals surface area (Å²) in [6.07, 6.45) is 2.67. The third kappa shape index (κ3) is 5.20. The number of aromatic nitrogens is 3. The van der Waals surface area contributed by atoms with Crippen molar-refractivity contribution in [3.8, 4) is 17.1 Å². The third-order valence-electron chi connectivity index (χ3n) is 5.25. The monoisotopic (exact) mass is 457 g/mol. The number of hydrogen-bond donors (Lipinski definition) is 2. The van der Waals surface area contributed by atoms with Crippen LogP contribution in [-0.2, 0) is 20.2 Å². The Morgan fingerprint density at radius 2 is 2.03 bits per heavy atom. The van der Waals surface area contributed by atoms with Gasteiger partial charge in [0.1, 0.15) is 17.9 Å². The van der Waals surface area contributed by atoms with E-state index < -0.39 is 15.5 Å².